The lowest BCUT2D eigenvalue weighted by molar-refractivity contribution is -0.120. The molecule has 1 aromatic carbocycles. The Morgan fingerprint density at radius 2 is 2.14 bits per heavy atom. The van der Waals surface area contributed by atoms with Crippen molar-refractivity contribution in [1.82, 2.24) is 10.3 Å². The van der Waals surface area contributed by atoms with Crippen LogP contribution in [-0.2, 0) is 16.0 Å². The fraction of sp³-hybridized carbons (Fsp3) is 0.333. The molecule has 0 aliphatic rings. The number of thiazole rings is 1. The minimum atomic E-state index is -0.0136. The molecule has 0 aliphatic heterocycles. The average Bonchev–Trinajstić information content (AvgIpc) is 2.93. The number of nitrogen functional groups attached to an aromatic ring is 1. The molecule has 1 heterocycles. The minimum Gasteiger partial charge on any atom is -0.399 e. The van der Waals surface area contributed by atoms with Crippen LogP contribution < -0.4 is 11.1 Å². The second-order valence-electron chi connectivity index (χ2n) is 4.64. The maximum atomic E-state index is 11.8. The van der Waals surface area contributed by atoms with Crippen LogP contribution in [0.5, 0.6) is 0 Å². The Hall–Kier alpha value is -1.92. The van der Waals surface area contributed by atoms with Crippen LogP contribution in [0.15, 0.2) is 29.6 Å². The van der Waals surface area contributed by atoms with Crippen LogP contribution in [0.2, 0.25) is 0 Å². The molecule has 0 unspecified atom stereocenters. The molecule has 1 amide bonds. The van der Waals surface area contributed by atoms with E-state index in [4.69, 9.17) is 10.5 Å². The van der Waals surface area contributed by atoms with Crippen LogP contribution in [0.4, 0.5) is 5.69 Å². The maximum Gasteiger partial charge on any atom is 0.226 e. The SMILES string of the molecule is COCCCNC(=O)Cc1csc(-c2ccc(N)cc2)n1. The summed E-state index contributed by atoms with van der Waals surface area (Å²) >= 11 is 1.53. The number of anilines is 1. The van der Waals surface area contributed by atoms with Gasteiger partial charge in [0.25, 0.3) is 0 Å². The Labute approximate surface area is 128 Å². The standard InChI is InChI=1S/C15H19N3O2S/c1-20-8-2-7-17-14(19)9-13-10-21-15(18-13)11-3-5-12(16)6-4-11/h3-6,10H,2,7-9,16H2,1H3,(H,17,19). The zero-order valence-corrected chi connectivity index (χ0v) is 12.8. The van der Waals surface area contributed by atoms with E-state index in [1.54, 1.807) is 7.11 Å². The van der Waals surface area contributed by atoms with Gasteiger partial charge < -0.3 is 15.8 Å². The van der Waals surface area contributed by atoms with E-state index in [1.165, 1.54) is 11.3 Å². The van der Waals surface area contributed by atoms with Crippen molar-refractivity contribution in [3.05, 3.63) is 35.3 Å². The Bertz CT molecular complexity index is 581. The number of nitrogens with zero attached hydrogens (tertiary/aromatic N) is 1. The van der Waals surface area contributed by atoms with Crippen LogP contribution in [0.3, 0.4) is 0 Å². The molecule has 1 aromatic heterocycles. The van der Waals surface area contributed by atoms with Crippen molar-refractivity contribution in [2.45, 2.75) is 12.8 Å². The molecule has 2 aromatic rings. The van der Waals surface area contributed by atoms with E-state index in [1.807, 2.05) is 29.6 Å². The highest BCUT2D eigenvalue weighted by molar-refractivity contribution is 7.13. The molecule has 6 heteroatoms. The lowest BCUT2D eigenvalue weighted by Gasteiger charge is -2.03. The van der Waals surface area contributed by atoms with Gasteiger partial charge in [0.15, 0.2) is 0 Å². The number of hydrogen-bond donors (Lipinski definition) is 2. The second-order valence-corrected chi connectivity index (χ2v) is 5.50. The summed E-state index contributed by atoms with van der Waals surface area (Å²) in [4.78, 5) is 16.2. The minimum absolute atomic E-state index is 0.0136. The maximum absolute atomic E-state index is 11.8. The zero-order valence-electron chi connectivity index (χ0n) is 12.0. The van der Waals surface area contributed by atoms with Crippen LogP contribution in [0, 0.1) is 0 Å². The van der Waals surface area contributed by atoms with Crippen LogP contribution >= 0.6 is 11.3 Å². The molecule has 0 bridgehead atoms. The first-order valence-corrected chi connectivity index (χ1v) is 7.63. The average molecular weight is 305 g/mol. The number of nitrogens with one attached hydrogen (secondary N) is 1. The zero-order chi connectivity index (χ0) is 15.1. The number of carbonyl (C=O) groups is 1. The first-order valence-electron chi connectivity index (χ1n) is 6.75. The molecule has 21 heavy (non-hydrogen) atoms. The van der Waals surface area contributed by atoms with Gasteiger partial charge in [-0.3, -0.25) is 4.79 Å². The fourth-order valence-electron chi connectivity index (χ4n) is 1.82. The number of hydrogen-bond acceptors (Lipinski definition) is 5. The molecular formula is C15H19N3O2S. The number of ether oxygens (including phenoxy) is 1. The number of rotatable bonds is 7. The lowest BCUT2D eigenvalue weighted by Crippen LogP contribution is -2.26. The Kier molecular flexibility index (Phi) is 5.71. The summed E-state index contributed by atoms with van der Waals surface area (Å²) in [6.45, 7) is 1.28. The van der Waals surface area contributed by atoms with Gasteiger partial charge in [0.1, 0.15) is 5.01 Å². The van der Waals surface area contributed by atoms with Crippen molar-refractivity contribution < 1.29 is 9.53 Å². The van der Waals surface area contributed by atoms with Gasteiger partial charge in [0.2, 0.25) is 5.91 Å². The summed E-state index contributed by atoms with van der Waals surface area (Å²) in [6, 6.07) is 7.56. The quantitative estimate of drug-likeness (QED) is 0.606. The number of carbonyl (C=O) groups excluding carboxylic acids is 1. The summed E-state index contributed by atoms with van der Waals surface area (Å²) in [6.07, 6.45) is 1.12. The van der Waals surface area contributed by atoms with E-state index in [-0.39, 0.29) is 5.91 Å². The number of amides is 1. The second kappa shape index (κ2) is 7.75. The normalized spacial score (nSPS) is 10.5. The molecular weight excluding hydrogens is 286 g/mol. The van der Waals surface area contributed by atoms with E-state index in [0.29, 0.717) is 19.6 Å². The molecule has 0 fully saturated rings. The van der Waals surface area contributed by atoms with Crippen LogP contribution in [-0.4, -0.2) is 31.2 Å². The monoisotopic (exact) mass is 305 g/mol. The van der Waals surface area contributed by atoms with Gasteiger partial charge in [0, 0.05) is 36.9 Å². The van der Waals surface area contributed by atoms with Gasteiger partial charge in [-0.15, -0.1) is 11.3 Å². The van der Waals surface area contributed by atoms with Crippen LogP contribution in [0.25, 0.3) is 10.6 Å². The molecule has 0 radical (unpaired) electrons. The largest absolute Gasteiger partial charge is 0.399 e. The first-order chi connectivity index (χ1) is 10.2. The number of aromatic nitrogens is 1. The lowest BCUT2D eigenvalue weighted by atomic mass is 10.2. The predicted molar refractivity (Wildman–Crippen MR) is 85.2 cm³/mol. The van der Waals surface area contributed by atoms with Crippen LogP contribution in [0.1, 0.15) is 12.1 Å². The molecule has 2 rings (SSSR count). The van der Waals surface area contributed by atoms with Gasteiger partial charge in [-0.05, 0) is 30.7 Å². The first kappa shape index (κ1) is 15.5. The van der Waals surface area contributed by atoms with E-state index in [0.717, 1.165) is 28.4 Å². The molecule has 0 saturated heterocycles. The number of nitrogens with two attached hydrogens (primary N) is 1. The molecule has 0 spiro atoms. The van der Waals surface area contributed by atoms with E-state index < -0.39 is 0 Å². The topological polar surface area (TPSA) is 77.2 Å². The summed E-state index contributed by atoms with van der Waals surface area (Å²) in [7, 11) is 1.65. The molecule has 3 N–H and O–H groups in total. The third-order valence-electron chi connectivity index (χ3n) is 2.90. The summed E-state index contributed by atoms with van der Waals surface area (Å²) in [5.74, 6) is -0.0136. The summed E-state index contributed by atoms with van der Waals surface area (Å²) in [5, 5.41) is 5.67. The summed E-state index contributed by atoms with van der Waals surface area (Å²) in [5.41, 5.74) is 8.20. The highest BCUT2D eigenvalue weighted by Crippen LogP contribution is 2.24. The Balaban J connectivity index is 1.88. The smallest absolute Gasteiger partial charge is 0.226 e. The summed E-state index contributed by atoms with van der Waals surface area (Å²) < 4.78 is 4.93. The van der Waals surface area contributed by atoms with E-state index in [9.17, 15) is 4.79 Å². The molecule has 0 saturated carbocycles. The third-order valence-corrected chi connectivity index (χ3v) is 3.84. The van der Waals surface area contributed by atoms with Crippen molar-refractivity contribution in [3.63, 3.8) is 0 Å². The highest BCUT2D eigenvalue weighted by Gasteiger charge is 2.08. The van der Waals surface area contributed by atoms with Crippen molar-refractivity contribution >= 4 is 22.9 Å². The fourth-order valence-corrected chi connectivity index (χ4v) is 2.64. The highest BCUT2D eigenvalue weighted by atomic mass is 32.1. The van der Waals surface area contributed by atoms with Gasteiger partial charge >= 0.3 is 0 Å². The Morgan fingerprint density at radius 1 is 1.38 bits per heavy atom. The predicted octanol–water partition coefficient (Wildman–Crippen LogP) is 2.09. The van der Waals surface area contributed by atoms with Gasteiger partial charge in [0.05, 0.1) is 12.1 Å². The number of benzene rings is 1. The molecule has 0 atom stereocenters. The molecule has 112 valence electrons. The van der Waals surface area contributed by atoms with E-state index in [2.05, 4.69) is 10.3 Å². The van der Waals surface area contributed by atoms with E-state index >= 15 is 0 Å². The Morgan fingerprint density at radius 3 is 2.86 bits per heavy atom. The van der Waals surface area contributed by atoms with Crippen molar-refractivity contribution in [1.29, 1.82) is 0 Å². The van der Waals surface area contributed by atoms with Gasteiger partial charge in [-0.2, -0.15) is 0 Å². The van der Waals surface area contributed by atoms with Gasteiger partial charge in [-0.1, -0.05) is 0 Å². The van der Waals surface area contributed by atoms with Crippen molar-refractivity contribution in [2.75, 3.05) is 26.0 Å². The van der Waals surface area contributed by atoms with Crippen molar-refractivity contribution in [2.24, 2.45) is 0 Å². The number of methoxy groups -OCH3 is 1. The van der Waals surface area contributed by atoms with Gasteiger partial charge in [-0.25, -0.2) is 4.98 Å². The molecule has 5 nitrogen and oxygen atoms in total. The van der Waals surface area contributed by atoms with Crippen molar-refractivity contribution in [3.8, 4) is 10.6 Å². The third kappa shape index (κ3) is 4.84. The molecule has 0 aliphatic carbocycles.